The van der Waals surface area contributed by atoms with Crippen LogP contribution in [0, 0.1) is 0 Å². The first-order chi connectivity index (χ1) is 7.42. The summed E-state index contributed by atoms with van der Waals surface area (Å²) in [6, 6.07) is 1.92. The number of hydrogen-bond acceptors (Lipinski definition) is 4. The second kappa shape index (κ2) is 4.56. The highest BCUT2D eigenvalue weighted by Gasteiger charge is 2.00. The largest absolute Gasteiger partial charge is 0.365 e. The molecular weight excluding hydrogens is 190 g/mol. The van der Waals surface area contributed by atoms with E-state index in [1.54, 1.807) is 16.9 Å². The van der Waals surface area contributed by atoms with Crippen LogP contribution in [-0.2, 0) is 0 Å². The van der Waals surface area contributed by atoms with Gasteiger partial charge in [0.1, 0.15) is 5.52 Å². The summed E-state index contributed by atoms with van der Waals surface area (Å²) >= 11 is 0. The predicted octanol–water partition coefficient (Wildman–Crippen LogP) is 0.656. The first-order valence-electron chi connectivity index (χ1n) is 4.79. The summed E-state index contributed by atoms with van der Waals surface area (Å²) in [5.74, 6) is 0.830. The van der Waals surface area contributed by atoms with Gasteiger partial charge in [0.05, 0.1) is 6.20 Å². The van der Waals surface area contributed by atoms with Gasteiger partial charge in [0.25, 0.3) is 0 Å². The van der Waals surface area contributed by atoms with E-state index in [2.05, 4.69) is 15.4 Å². The van der Waals surface area contributed by atoms with E-state index in [0.29, 0.717) is 6.54 Å². The van der Waals surface area contributed by atoms with E-state index in [0.717, 1.165) is 17.9 Å². The van der Waals surface area contributed by atoms with E-state index in [1.165, 1.54) is 0 Å². The lowest BCUT2D eigenvalue weighted by Crippen LogP contribution is -2.03. The summed E-state index contributed by atoms with van der Waals surface area (Å²) in [6.07, 6.45) is 9.16. The van der Waals surface area contributed by atoms with Crippen molar-refractivity contribution in [1.29, 1.82) is 0 Å². The van der Waals surface area contributed by atoms with Gasteiger partial charge in [-0.25, -0.2) is 9.50 Å². The van der Waals surface area contributed by atoms with E-state index in [1.807, 2.05) is 24.4 Å². The predicted molar refractivity (Wildman–Crippen MR) is 59.7 cm³/mol. The molecule has 2 aromatic heterocycles. The Balaban J connectivity index is 2.13. The number of nitrogens with one attached hydrogen (secondary N) is 1. The van der Waals surface area contributed by atoms with E-state index < -0.39 is 0 Å². The van der Waals surface area contributed by atoms with Crippen LogP contribution >= 0.6 is 0 Å². The van der Waals surface area contributed by atoms with Crippen molar-refractivity contribution in [2.45, 2.75) is 0 Å². The standard InChI is InChI=1S/C10H13N5/c11-4-1-2-5-12-10-9-3-6-14-15(9)8-7-13-10/h1-3,6-8H,4-5,11H2,(H,12,13)/b2-1+. The molecule has 0 saturated heterocycles. The molecule has 0 aliphatic rings. The lowest BCUT2D eigenvalue weighted by molar-refractivity contribution is 0.945. The lowest BCUT2D eigenvalue weighted by Gasteiger charge is -2.03. The highest BCUT2D eigenvalue weighted by atomic mass is 15.2. The molecule has 0 aliphatic heterocycles. The second-order valence-electron chi connectivity index (χ2n) is 3.02. The van der Waals surface area contributed by atoms with Crippen LogP contribution in [0.4, 0.5) is 5.82 Å². The maximum absolute atomic E-state index is 5.34. The van der Waals surface area contributed by atoms with Crippen LogP contribution in [0.3, 0.4) is 0 Å². The van der Waals surface area contributed by atoms with Crippen molar-refractivity contribution in [2.75, 3.05) is 18.4 Å². The van der Waals surface area contributed by atoms with Gasteiger partial charge in [0.15, 0.2) is 5.82 Å². The third-order valence-corrected chi connectivity index (χ3v) is 2.01. The second-order valence-corrected chi connectivity index (χ2v) is 3.02. The zero-order chi connectivity index (χ0) is 10.5. The number of rotatable bonds is 4. The Labute approximate surface area is 87.6 Å². The molecule has 5 heteroatoms. The minimum Gasteiger partial charge on any atom is -0.365 e. The van der Waals surface area contributed by atoms with Crippen molar-refractivity contribution in [3.63, 3.8) is 0 Å². The van der Waals surface area contributed by atoms with E-state index in [4.69, 9.17) is 5.73 Å². The highest BCUT2D eigenvalue weighted by molar-refractivity contribution is 5.66. The van der Waals surface area contributed by atoms with Gasteiger partial charge in [0, 0.05) is 25.5 Å². The van der Waals surface area contributed by atoms with Gasteiger partial charge in [-0.1, -0.05) is 12.2 Å². The van der Waals surface area contributed by atoms with Crippen molar-refractivity contribution < 1.29 is 0 Å². The fraction of sp³-hybridized carbons (Fsp3) is 0.200. The smallest absolute Gasteiger partial charge is 0.152 e. The Morgan fingerprint density at radius 3 is 3.20 bits per heavy atom. The van der Waals surface area contributed by atoms with Crippen LogP contribution in [0.15, 0.2) is 36.8 Å². The van der Waals surface area contributed by atoms with Gasteiger partial charge in [-0.3, -0.25) is 0 Å². The van der Waals surface area contributed by atoms with Crippen LogP contribution in [0.5, 0.6) is 0 Å². The van der Waals surface area contributed by atoms with Gasteiger partial charge in [-0.2, -0.15) is 5.10 Å². The molecule has 2 rings (SSSR count). The van der Waals surface area contributed by atoms with Crippen LogP contribution in [0.2, 0.25) is 0 Å². The number of hydrogen-bond donors (Lipinski definition) is 2. The molecule has 15 heavy (non-hydrogen) atoms. The van der Waals surface area contributed by atoms with E-state index >= 15 is 0 Å². The number of fused-ring (bicyclic) bond motifs is 1. The van der Waals surface area contributed by atoms with E-state index in [9.17, 15) is 0 Å². The molecule has 0 spiro atoms. The van der Waals surface area contributed by atoms with Gasteiger partial charge in [-0.05, 0) is 6.07 Å². The molecule has 0 aliphatic carbocycles. The molecule has 0 saturated carbocycles. The minimum atomic E-state index is 0.561. The Morgan fingerprint density at radius 2 is 2.33 bits per heavy atom. The van der Waals surface area contributed by atoms with Gasteiger partial charge in [-0.15, -0.1) is 0 Å². The lowest BCUT2D eigenvalue weighted by atomic mass is 10.4. The first-order valence-corrected chi connectivity index (χ1v) is 4.79. The molecule has 0 amide bonds. The average Bonchev–Trinajstić information content (AvgIpc) is 2.73. The molecule has 5 nitrogen and oxygen atoms in total. The third kappa shape index (κ3) is 2.13. The van der Waals surface area contributed by atoms with Crippen LogP contribution in [0.25, 0.3) is 5.52 Å². The third-order valence-electron chi connectivity index (χ3n) is 2.01. The van der Waals surface area contributed by atoms with E-state index in [-0.39, 0.29) is 0 Å². The molecule has 3 N–H and O–H groups in total. The maximum atomic E-state index is 5.34. The minimum absolute atomic E-state index is 0.561. The zero-order valence-corrected chi connectivity index (χ0v) is 8.30. The summed E-state index contributed by atoms with van der Waals surface area (Å²) in [5, 5.41) is 7.32. The highest BCUT2D eigenvalue weighted by Crippen LogP contribution is 2.11. The maximum Gasteiger partial charge on any atom is 0.152 e. The van der Waals surface area contributed by atoms with Crippen molar-refractivity contribution in [3.8, 4) is 0 Å². The number of anilines is 1. The van der Waals surface area contributed by atoms with Crippen molar-refractivity contribution in [1.82, 2.24) is 14.6 Å². The fourth-order valence-corrected chi connectivity index (χ4v) is 1.33. The van der Waals surface area contributed by atoms with Crippen molar-refractivity contribution >= 4 is 11.3 Å². The molecule has 2 heterocycles. The molecule has 0 fully saturated rings. The zero-order valence-electron chi connectivity index (χ0n) is 8.30. The Bertz CT molecular complexity index is 460. The normalized spacial score (nSPS) is 11.3. The Hall–Kier alpha value is -1.88. The van der Waals surface area contributed by atoms with Crippen LogP contribution in [0.1, 0.15) is 0 Å². The molecule has 0 atom stereocenters. The van der Waals surface area contributed by atoms with Crippen LogP contribution < -0.4 is 11.1 Å². The number of nitrogens with zero attached hydrogens (tertiary/aromatic N) is 3. The molecule has 0 unspecified atom stereocenters. The molecular formula is C10H13N5. The summed E-state index contributed by atoms with van der Waals surface area (Å²) in [7, 11) is 0. The van der Waals surface area contributed by atoms with Crippen molar-refractivity contribution in [2.24, 2.45) is 5.73 Å². The summed E-state index contributed by atoms with van der Waals surface area (Å²) in [5.41, 5.74) is 6.31. The SMILES string of the molecule is NC/C=C/CNc1nccn2nccc12. The first kappa shape index (κ1) is 9.67. The molecule has 0 radical (unpaired) electrons. The summed E-state index contributed by atoms with van der Waals surface area (Å²) in [6.45, 7) is 1.28. The van der Waals surface area contributed by atoms with Gasteiger partial charge >= 0.3 is 0 Å². The topological polar surface area (TPSA) is 68.2 Å². The number of aromatic nitrogens is 3. The molecule has 0 aromatic carbocycles. The monoisotopic (exact) mass is 203 g/mol. The number of nitrogens with two attached hydrogens (primary N) is 1. The summed E-state index contributed by atoms with van der Waals surface area (Å²) in [4.78, 5) is 4.24. The molecule has 2 aromatic rings. The average molecular weight is 203 g/mol. The van der Waals surface area contributed by atoms with Gasteiger partial charge < -0.3 is 11.1 Å². The summed E-state index contributed by atoms with van der Waals surface area (Å²) < 4.78 is 1.78. The van der Waals surface area contributed by atoms with Crippen LogP contribution in [-0.4, -0.2) is 27.7 Å². The quantitative estimate of drug-likeness (QED) is 0.716. The Kier molecular flexibility index (Phi) is 2.94. The molecule has 0 bridgehead atoms. The fourth-order valence-electron chi connectivity index (χ4n) is 1.33. The Morgan fingerprint density at radius 1 is 1.40 bits per heavy atom. The van der Waals surface area contributed by atoms with Crippen molar-refractivity contribution in [3.05, 3.63) is 36.8 Å². The molecule has 78 valence electrons. The van der Waals surface area contributed by atoms with Gasteiger partial charge in [0.2, 0.25) is 0 Å².